The third-order valence-electron chi connectivity index (χ3n) is 5.57. The van der Waals surface area contributed by atoms with Crippen LogP contribution >= 0.6 is 28.3 Å². The van der Waals surface area contributed by atoms with E-state index in [0.29, 0.717) is 19.3 Å². The van der Waals surface area contributed by atoms with Crippen LogP contribution in [0.4, 0.5) is 0 Å². The zero-order chi connectivity index (χ0) is 20.5. The second-order valence-electron chi connectivity index (χ2n) is 8.04. The molecule has 0 heterocycles. The van der Waals surface area contributed by atoms with Gasteiger partial charge in [-0.05, 0) is 65.9 Å². The summed E-state index contributed by atoms with van der Waals surface area (Å²) in [7, 11) is 0. The number of halogens is 2. The fraction of sp³-hybridized carbons (Fsp3) is 0.520. The van der Waals surface area contributed by atoms with Gasteiger partial charge in [0.25, 0.3) is 0 Å². The van der Waals surface area contributed by atoms with E-state index in [1.165, 1.54) is 56.1 Å². The summed E-state index contributed by atoms with van der Waals surface area (Å²) in [5.41, 5.74) is 3.64. The lowest BCUT2D eigenvalue weighted by Crippen LogP contribution is -2.29. The smallest absolute Gasteiger partial charge is 0.175 e. The second kappa shape index (κ2) is 13.2. The maximum Gasteiger partial charge on any atom is 0.175 e. The molecule has 30 heavy (non-hydrogen) atoms. The zero-order valence-corrected chi connectivity index (χ0v) is 20.6. The largest absolute Gasteiger partial charge is 0.490 e. The van der Waals surface area contributed by atoms with E-state index in [2.05, 4.69) is 64.6 Å². The van der Waals surface area contributed by atoms with Crippen LogP contribution in [0.15, 0.2) is 40.9 Å². The Morgan fingerprint density at radius 2 is 1.60 bits per heavy atom. The lowest BCUT2D eigenvalue weighted by molar-refractivity contribution is 0.267. The van der Waals surface area contributed by atoms with Crippen LogP contribution in [0.2, 0.25) is 0 Å². The van der Waals surface area contributed by atoms with E-state index in [4.69, 9.17) is 9.47 Å². The van der Waals surface area contributed by atoms with Gasteiger partial charge in [0.2, 0.25) is 0 Å². The molecule has 1 fully saturated rings. The van der Waals surface area contributed by atoms with Gasteiger partial charge in [-0.3, -0.25) is 0 Å². The molecular formula is C25H35BrClNO2. The van der Waals surface area contributed by atoms with E-state index in [-0.39, 0.29) is 12.4 Å². The third kappa shape index (κ3) is 7.79. The van der Waals surface area contributed by atoms with E-state index < -0.39 is 0 Å². The van der Waals surface area contributed by atoms with Crippen LogP contribution < -0.4 is 14.8 Å². The molecule has 1 aliphatic carbocycles. The molecule has 0 saturated heterocycles. The summed E-state index contributed by atoms with van der Waals surface area (Å²) in [6.07, 6.45) is 9.43. The number of hydrogen-bond acceptors (Lipinski definition) is 3. The monoisotopic (exact) mass is 495 g/mol. The van der Waals surface area contributed by atoms with E-state index in [1.807, 2.05) is 6.92 Å². The molecule has 166 valence electrons. The number of nitrogens with one attached hydrogen (secondary N) is 1. The Labute approximate surface area is 196 Å². The summed E-state index contributed by atoms with van der Waals surface area (Å²) in [6.45, 7) is 6.11. The van der Waals surface area contributed by atoms with Crippen molar-refractivity contribution in [1.29, 1.82) is 0 Å². The maximum atomic E-state index is 6.13. The highest BCUT2D eigenvalue weighted by atomic mass is 79.9. The van der Waals surface area contributed by atoms with Gasteiger partial charge in [-0.1, -0.05) is 61.9 Å². The van der Waals surface area contributed by atoms with Crippen molar-refractivity contribution >= 4 is 28.3 Å². The van der Waals surface area contributed by atoms with E-state index in [1.54, 1.807) is 0 Å². The fourth-order valence-electron chi connectivity index (χ4n) is 3.89. The van der Waals surface area contributed by atoms with Gasteiger partial charge in [0.15, 0.2) is 11.5 Å². The van der Waals surface area contributed by atoms with Gasteiger partial charge >= 0.3 is 0 Å². The first-order valence-corrected chi connectivity index (χ1v) is 11.8. The fourth-order valence-corrected chi connectivity index (χ4v) is 4.49. The van der Waals surface area contributed by atoms with Crippen LogP contribution in [0.3, 0.4) is 0 Å². The van der Waals surface area contributed by atoms with Crippen molar-refractivity contribution in [3.05, 3.63) is 57.6 Å². The Bertz CT molecular complexity index is 758. The highest BCUT2D eigenvalue weighted by Crippen LogP contribution is 2.37. The number of hydrogen-bond donors (Lipinski definition) is 1. The summed E-state index contributed by atoms with van der Waals surface area (Å²) >= 11 is 3.71. The molecule has 0 aromatic heterocycles. The average Bonchev–Trinajstić information content (AvgIpc) is 2.68. The highest BCUT2D eigenvalue weighted by Gasteiger charge is 2.15. The van der Waals surface area contributed by atoms with Gasteiger partial charge in [0.05, 0.1) is 11.1 Å². The van der Waals surface area contributed by atoms with E-state index in [9.17, 15) is 0 Å². The standard InChI is InChI=1S/C25H34BrNO2.ClH/c1-3-28-24-16-21(17-27-22-9-7-5-4-6-8-10-22)15-23(26)25(24)29-18-20-13-11-19(2)12-14-20;/h11-16,22,27H,3-10,17-18H2,1-2H3;1H. The van der Waals surface area contributed by atoms with Crippen LogP contribution in [-0.4, -0.2) is 12.6 Å². The van der Waals surface area contributed by atoms with Gasteiger partial charge in [0, 0.05) is 12.6 Å². The van der Waals surface area contributed by atoms with Crippen molar-refractivity contribution in [2.24, 2.45) is 0 Å². The number of benzene rings is 2. The van der Waals surface area contributed by atoms with Crippen molar-refractivity contribution in [3.8, 4) is 11.5 Å². The van der Waals surface area contributed by atoms with Gasteiger partial charge < -0.3 is 14.8 Å². The number of rotatable bonds is 8. The SMILES string of the molecule is CCOc1cc(CNC2CCCCCCC2)cc(Br)c1OCc1ccc(C)cc1.Cl. The lowest BCUT2D eigenvalue weighted by atomic mass is 9.96. The molecule has 1 N–H and O–H groups in total. The minimum atomic E-state index is 0. The molecule has 2 aromatic rings. The van der Waals surface area contributed by atoms with Crippen molar-refractivity contribution in [1.82, 2.24) is 5.32 Å². The zero-order valence-electron chi connectivity index (χ0n) is 18.2. The molecular weight excluding hydrogens is 462 g/mol. The first kappa shape index (κ1) is 25.0. The Balaban J connectivity index is 0.00000320. The van der Waals surface area contributed by atoms with Gasteiger partial charge in [-0.25, -0.2) is 0 Å². The van der Waals surface area contributed by atoms with E-state index >= 15 is 0 Å². The van der Waals surface area contributed by atoms with Gasteiger partial charge in [-0.2, -0.15) is 0 Å². The average molecular weight is 497 g/mol. The quantitative estimate of drug-likeness (QED) is 0.414. The molecule has 0 amide bonds. The summed E-state index contributed by atoms with van der Waals surface area (Å²) in [6, 6.07) is 13.3. The Morgan fingerprint density at radius 3 is 2.27 bits per heavy atom. The molecule has 0 atom stereocenters. The van der Waals surface area contributed by atoms with Crippen LogP contribution in [0.1, 0.15) is 68.6 Å². The van der Waals surface area contributed by atoms with Crippen LogP contribution in [0.25, 0.3) is 0 Å². The van der Waals surface area contributed by atoms with Crippen LogP contribution in [-0.2, 0) is 13.2 Å². The van der Waals surface area contributed by atoms with Crippen molar-refractivity contribution in [3.63, 3.8) is 0 Å². The number of aryl methyl sites for hydroxylation is 1. The molecule has 0 unspecified atom stereocenters. The Kier molecular flexibility index (Phi) is 11.0. The second-order valence-corrected chi connectivity index (χ2v) is 8.89. The third-order valence-corrected chi connectivity index (χ3v) is 6.16. The van der Waals surface area contributed by atoms with Crippen LogP contribution in [0.5, 0.6) is 11.5 Å². The topological polar surface area (TPSA) is 30.5 Å². The first-order chi connectivity index (χ1) is 14.2. The van der Waals surface area contributed by atoms with E-state index in [0.717, 1.165) is 28.1 Å². The summed E-state index contributed by atoms with van der Waals surface area (Å²) in [5, 5.41) is 3.77. The normalized spacial score (nSPS) is 15.0. The van der Waals surface area contributed by atoms with Crippen LogP contribution in [0, 0.1) is 6.92 Å². The summed E-state index contributed by atoms with van der Waals surface area (Å²) in [4.78, 5) is 0. The summed E-state index contributed by atoms with van der Waals surface area (Å²) < 4.78 is 13.0. The molecule has 3 nitrogen and oxygen atoms in total. The lowest BCUT2D eigenvalue weighted by Gasteiger charge is -2.22. The highest BCUT2D eigenvalue weighted by molar-refractivity contribution is 9.10. The molecule has 0 bridgehead atoms. The maximum absolute atomic E-state index is 6.13. The molecule has 0 spiro atoms. The minimum absolute atomic E-state index is 0. The van der Waals surface area contributed by atoms with Gasteiger partial charge in [-0.15, -0.1) is 12.4 Å². The predicted molar refractivity (Wildman–Crippen MR) is 131 cm³/mol. The van der Waals surface area contributed by atoms with Crippen molar-refractivity contribution in [2.75, 3.05) is 6.61 Å². The predicted octanol–water partition coefficient (Wildman–Crippen LogP) is 7.36. The molecule has 5 heteroatoms. The molecule has 3 rings (SSSR count). The minimum Gasteiger partial charge on any atom is -0.490 e. The molecule has 1 aliphatic rings. The van der Waals surface area contributed by atoms with Gasteiger partial charge in [0.1, 0.15) is 6.61 Å². The number of ether oxygens (including phenoxy) is 2. The van der Waals surface area contributed by atoms with Crippen molar-refractivity contribution in [2.45, 2.75) is 78.0 Å². The first-order valence-electron chi connectivity index (χ1n) is 11.0. The van der Waals surface area contributed by atoms with Crippen molar-refractivity contribution < 1.29 is 9.47 Å². The molecule has 0 radical (unpaired) electrons. The summed E-state index contributed by atoms with van der Waals surface area (Å²) in [5.74, 6) is 1.59. The molecule has 2 aromatic carbocycles. The Hall–Kier alpha value is -1.23. The molecule has 1 saturated carbocycles. The molecule has 0 aliphatic heterocycles. The Morgan fingerprint density at radius 1 is 0.933 bits per heavy atom.